The van der Waals surface area contributed by atoms with Crippen LogP contribution in [0.5, 0.6) is 0 Å². The molecule has 118 valence electrons. The zero-order valence-corrected chi connectivity index (χ0v) is 13.6. The Morgan fingerprint density at radius 2 is 2.33 bits per heavy atom. The fourth-order valence-corrected chi connectivity index (χ4v) is 3.78. The van der Waals surface area contributed by atoms with E-state index in [0.29, 0.717) is 18.1 Å². The lowest BCUT2D eigenvalue weighted by Gasteiger charge is -2.32. The van der Waals surface area contributed by atoms with Crippen LogP contribution in [-0.4, -0.2) is 37.1 Å². The third-order valence-corrected chi connectivity index (χ3v) is 5.32. The van der Waals surface area contributed by atoms with Crippen molar-refractivity contribution in [3.05, 3.63) is 29.0 Å². The topological polar surface area (TPSA) is 88.3 Å². The summed E-state index contributed by atoms with van der Waals surface area (Å²) < 4.78 is 24.9. The van der Waals surface area contributed by atoms with Gasteiger partial charge >= 0.3 is 0 Å². The fraction of sp³-hybridized carbons (Fsp3) is 0.615. The number of sulfonamides is 1. The van der Waals surface area contributed by atoms with E-state index < -0.39 is 10.0 Å². The molecule has 2 atom stereocenters. The number of hydrogen-bond donors (Lipinski definition) is 2. The SMILES string of the molecule is CS(=O)(=O)N1CCCC(CC(NN)c2ccc(Cl)cn2)C1. The molecule has 0 aromatic carbocycles. The Kier molecular flexibility index (Phi) is 5.56. The van der Waals surface area contributed by atoms with Gasteiger partial charge in [0.25, 0.3) is 0 Å². The second-order valence-corrected chi connectivity index (χ2v) is 7.90. The molecule has 0 aliphatic carbocycles. The number of pyridine rings is 1. The molecule has 8 heteroatoms. The Hall–Kier alpha value is -0.730. The predicted octanol–water partition coefficient (Wildman–Crippen LogP) is 1.30. The Labute approximate surface area is 130 Å². The molecule has 0 bridgehead atoms. The van der Waals surface area contributed by atoms with Gasteiger partial charge in [0.2, 0.25) is 10.0 Å². The number of nitrogens with zero attached hydrogens (tertiary/aromatic N) is 2. The van der Waals surface area contributed by atoms with E-state index in [4.69, 9.17) is 17.4 Å². The molecule has 1 aromatic rings. The van der Waals surface area contributed by atoms with E-state index in [1.165, 1.54) is 6.26 Å². The third-order valence-electron chi connectivity index (χ3n) is 3.83. The van der Waals surface area contributed by atoms with Crippen LogP contribution in [0.25, 0.3) is 0 Å². The molecule has 2 rings (SSSR count). The molecule has 0 spiro atoms. The van der Waals surface area contributed by atoms with Gasteiger partial charge in [-0.1, -0.05) is 11.6 Å². The van der Waals surface area contributed by atoms with Crippen molar-refractivity contribution in [2.24, 2.45) is 11.8 Å². The maximum Gasteiger partial charge on any atom is 0.211 e. The van der Waals surface area contributed by atoms with Crippen molar-refractivity contribution in [3.63, 3.8) is 0 Å². The second-order valence-electron chi connectivity index (χ2n) is 5.49. The Morgan fingerprint density at radius 3 is 2.90 bits per heavy atom. The highest BCUT2D eigenvalue weighted by Gasteiger charge is 2.28. The van der Waals surface area contributed by atoms with Crippen LogP contribution in [0.4, 0.5) is 0 Å². The quantitative estimate of drug-likeness (QED) is 0.627. The lowest BCUT2D eigenvalue weighted by atomic mass is 9.91. The minimum Gasteiger partial charge on any atom is -0.271 e. The average Bonchev–Trinajstić information content (AvgIpc) is 2.45. The van der Waals surface area contributed by atoms with Crippen molar-refractivity contribution >= 4 is 21.6 Å². The molecule has 6 nitrogen and oxygen atoms in total. The fourth-order valence-electron chi connectivity index (χ4n) is 2.72. The van der Waals surface area contributed by atoms with Crippen molar-refractivity contribution in [2.75, 3.05) is 19.3 Å². The highest BCUT2D eigenvalue weighted by Crippen LogP contribution is 2.27. The van der Waals surface area contributed by atoms with Gasteiger partial charge in [0, 0.05) is 19.3 Å². The number of nitrogens with one attached hydrogen (secondary N) is 1. The number of nitrogens with two attached hydrogens (primary N) is 1. The summed E-state index contributed by atoms with van der Waals surface area (Å²) in [4.78, 5) is 4.28. The maximum atomic E-state index is 11.7. The predicted molar refractivity (Wildman–Crippen MR) is 83.1 cm³/mol. The van der Waals surface area contributed by atoms with Crippen LogP contribution in [0.1, 0.15) is 31.0 Å². The Bertz CT molecular complexity index is 564. The van der Waals surface area contributed by atoms with E-state index in [9.17, 15) is 8.42 Å². The minimum atomic E-state index is -3.12. The summed E-state index contributed by atoms with van der Waals surface area (Å²) >= 11 is 5.83. The van der Waals surface area contributed by atoms with Gasteiger partial charge in [-0.05, 0) is 37.3 Å². The molecular formula is C13H21ClN4O2S. The lowest BCUT2D eigenvalue weighted by molar-refractivity contribution is 0.237. The van der Waals surface area contributed by atoms with E-state index in [-0.39, 0.29) is 12.0 Å². The molecule has 0 amide bonds. The van der Waals surface area contributed by atoms with Gasteiger partial charge in [-0.3, -0.25) is 16.3 Å². The summed E-state index contributed by atoms with van der Waals surface area (Å²) in [5.41, 5.74) is 3.58. The van der Waals surface area contributed by atoms with Crippen molar-refractivity contribution in [2.45, 2.75) is 25.3 Å². The zero-order valence-electron chi connectivity index (χ0n) is 12.0. The minimum absolute atomic E-state index is 0.105. The molecular weight excluding hydrogens is 312 g/mol. The van der Waals surface area contributed by atoms with E-state index in [1.807, 2.05) is 6.07 Å². The lowest BCUT2D eigenvalue weighted by Crippen LogP contribution is -2.41. The molecule has 3 N–H and O–H groups in total. The van der Waals surface area contributed by atoms with Gasteiger partial charge in [0.05, 0.1) is 23.0 Å². The van der Waals surface area contributed by atoms with Crippen LogP contribution in [0.3, 0.4) is 0 Å². The standard InChI is InChI=1S/C13H21ClN4O2S/c1-21(19,20)18-6-2-3-10(9-18)7-13(17-15)12-5-4-11(14)8-16-12/h4-5,8,10,13,17H,2-3,6-7,9,15H2,1H3. The largest absolute Gasteiger partial charge is 0.271 e. The monoisotopic (exact) mass is 332 g/mol. The summed E-state index contributed by atoms with van der Waals surface area (Å²) in [6, 6.07) is 3.51. The first kappa shape index (κ1) is 16.6. The normalized spacial score (nSPS) is 22.1. The molecule has 21 heavy (non-hydrogen) atoms. The van der Waals surface area contributed by atoms with Gasteiger partial charge in [-0.25, -0.2) is 12.7 Å². The van der Waals surface area contributed by atoms with Crippen molar-refractivity contribution in [1.29, 1.82) is 0 Å². The van der Waals surface area contributed by atoms with Gasteiger partial charge in [0.1, 0.15) is 0 Å². The number of hydrazine groups is 1. The van der Waals surface area contributed by atoms with Gasteiger partial charge in [0.15, 0.2) is 0 Å². The summed E-state index contributed by atoms with van der Waals surface area (Å²) in [6.45, 7) is 1.15. The summed E-state index contributed by atoms with van der Waals surface area (Å²) in [5.74, 6) is 5.90. The maximum absolute atomic E-state index is 11.7. The highest BCUT2D eigenvalue weighted by molar-refractivity contribution is 7.88. The summed E-state index contributed by atoms with van der Waals surface area (Å²) in [5, 5.41) is 0.579. The molecule has 0 radical (unpaired) electrons. The first-order valence-electron chi connectivity index (χ1n) is 6.93. The van der Waals surface area contributed by atoms with E-state index in [1.54, 1.807) is 16.6 Å². The van der Waals surface area contributed by atoms with Crippen molar-refractivity contribution < 1.29 is 8.42 Å². The van der Waals surface area contributed by atoms with Crippen LogP contribution < -0.4 is 11.3 Å². The average molecular weight is 333 g/mol. The van der Waals surface area contributed by atoms with Gasteiger partial charge < -0.3 is 0 Å². The van der Waals surface area contributed by atoms with Crippen molar-refractivity contribution in [1.82, 2.24) is 14.7 Å². The zero-order chi connectivity index (χ0) is 15.5. The molecule has 2 unspecified atom stereocenters. The number of hydrogen-bond acceptors (Lipinski definition) is 5. The molecule has 0 saturated carbocycles. The van der Waals surface area contributed by atoms with E-state index >= 15 is 0 Å². The number of rotatable bonds is 5. The molecule has 1 saturated heterocycles. The first-order chi connectivity index (χ1) is 9.90. The Morgan fingerprint density at radius 1 is 1.57 bits per heavy atom. The van der Waals surface area contributed by atoms with Crippen LogP contribution >= 0.6 is 11.6 Å². The molecule has 1 aliphatic rings. The Balaban J connectivity index is 2.03. The number of halogens is 1. The number of piperidine rings is 1. The molecule has 1 fully saturated rings. The van der Waals surface area contributed by atoms with Crippen LogP contribution in [0, 0.1) is 5.92 Å². The van der Waals surface area contributed by atoms with Crippen molar-refractivity contribution in [3.8, 4) is 0 Å². The van der Waals surface area contributed by atoms with E-state index in [0.717, 1.165) is 25.0 Å². The number of aromatic nitrogens is 1. The summed E-state index contributed by atoms with van der Waals surface area (Å²) in [6.07, 6.45) is 5.47. The molecule has 1 aliphatic heterocycles. The highest BCUT2D eigenvalue weighted by atomic mass is 35.5. The van der Waals surface area contributed by atoms with E-state index in [2.05, 4.69) is 10.4 Å². The first-order valence-corrected chi connectivity index (χ1v) is 9.15. The molecule has 1 aromatic heterocycles. The van der Waals surface area contributed by atoms with Crippen LogP contribution in [0.15, 0.2) is 18.3 Å². The van der Waals surface area contributed by atoms with Gasteiger partial charge in [-0.2, -0.15) is 0 Å². The third kappa shape index (κ3) is 4.62. The summed E-state index contributed by atoms with van der Waals surface area (Å²) in [7, 11) is -3.12. The van der Waals surface area contributed by atoms with Gasteiger partial charge in [-0.15, -0.1) is 0 Å². The van der Waals surface area contributed by atoms with Crippen LogP contribution in [0.2, 0.25) is 5.02 Å². The van der Waals surface area contributed by atoms with Crippen LogP contribution in [-0.2, 0) is 10.0 Å². The molecule has 2 heterocycles. The smallest absolute Gasteiger partial charge is 0.211 e. The second kappa shape index (κ2) is 7.02.